The molecule has 4 rings (SSSR count). The van der Waals surface area contributed by atoms with E-state index in [1.165, 1.54) is 12.8 Å². The van der Waals surface area contributed by atoms with E-state index in [2.05, 4.69) is 55.7 Å². The SMILES string of the molecule is Cc1noc([C@H](C)N2CC[C@@H](N(C)Cc3nnc(C4CC4)n3C)C2)n1. The molecular formula is C17H27N7O. The number of nitrogens with zero attached hydrogens (tertiary/aromatic N) is 7. The fraction of sp³-hybridized carbons (Fsp3) is 0.765. The lowest BCUT2D eigenvalue weighted by Crippen LogP contribution is -2.35. The van der Waals surface area contributed by atoms with Crippen LogP contribution in [-0.4, -0.2) is 60.9 Å². The van der Waals surface area contributed by atoms with Gasteiger partial charge in [0, 0.05) is 32.1 Å². The summed E-state index contributed by atoms with van der Waals surface area (Å²) in [4.78, 5) is 9.19. The summed E-state index contributed by atoms with van der Waals surface area (Å²) >= 11 is 0. The molecule has 0 amide bonds. The molecule has 0 aromatic carbocycles. The van der Waals surface area contributed by atoms with Gasteiger partial charge in [-0.1, -0.05) is 5.16 Å². The molecule has 25 heavy (non-hydrogen) atoms. The first-order valence-electron chi connectivity index (χ1n) is 9.15. The van der Waals surface area contributed by atoms with Crippen LogP contribution in [0, 0.1) is 6.92 Å². The van der Waals surface area contributed by atoms with Crippen LogP contribution < -0.4 is 0 Å². The van der Waals surface area contributed by atoms with Gasteiger partial charge in [-0.05, 0) is 40.2 Å². The number of aryl methyl sites for hydroxylation is 1. The van der Waals surface area contributed by atoms with E-state index < -0.39 is 0 Å². The summed E-state index contributed by atoms with van der Waals surface area (Å²) in [6.07, 6.45) is 3.65. The van der Waals surface area contributed by atoms with Gasteiger partial charge in [0.2, 0.25) is 5.89 Å². The second-order valence-corrected chi connectivity index (χ2v) is 7.52. The van der Waals surface area contributed by atoms with Gasteiger partial charge in [-0.2, -0.15) is 4.98 Å². The maximum absolute atomic E-state index is 5.34. The first-order chi connectivity index (χ1) is 12.0. The fourth-order valence-corrected chi connectivity index (χ4v) is 3.68. The van der Waals surface area contributed by atoms with Crippen LogP contribution in [0.2, 0.25) is 0 Å². The Morgan fingerprint density at radius 1 is 1.28 bits per heavy atom. The second kappa shape index (κ2) is 6.49. The molecule has 8 heteroatoms. The van der Waals surface area contributed by atoms with Crippen LogP contribution in [0.4, 0.5) is 0 Å². The van der Waals surface area contributed by atoms with Gasteiger partial charge in [0.15, 0.2) is 5.82 Å². The first kappa shape index (κ1) is 16.7. The van der Waals surface area contributed by atoms with E-state index in [1.54, 1.807) is 0 Å². The molecule has 3 heterocycles. The van der Waals surface area contributed by atoms with Crippen LogP contribution in [0.15, 0.2) is 4.52 Å². The Labute approximate surface area is 148 Å². The van der Waals surface area contributed by atoms with E-state index in [0.717, 1.165) is 37.7 Å². The van der Waals surface area contributed by atoms with Crippen molar-refractivity contribution >= 4 is 0 Å². The van der Waals surface area contributed by atoms with Crippen LogP contribution in [0.25, 0.3) is 0 Å². The van der Waals surface area contributed by atoms with Crippen LogP contribution in [0.1, 0.15) is 61.5 Å². The molecule has 2 atom stereocenters. The largest absolute Gasteiger partial charge is 0.338 e. The van der Waals surface area contributed by atoms with Crippen LogP contribution in [-0.2, 0) is 13.6 Å². The van der Waals surface area contributed by atoms with Gasteiger partial charge < -0.3 is 9.09 Å². The van der Waals surface area contributed by atoms with E-state index in [1.807, 2.05) is 6.92 Å². The standard InChI is InChI=1S/C17H27N7O/c1-11(17-18-12(2)21-25-17)24-8-7-14(9-24)22(3)10-15-19-20-16(23(15)4)13-5-6-13/h11,13-14H,5-10H2,1-4H3/t11-,14+/m0/s1. The second-order valence-electron chi connectivity index (χ2n) is 7.52. The smallest absolute Gasteiger partial charge is 0.243 e. The summed E-state index contributed by atoms with van der Waals surface area (Å²) < 4.78 is 7.52. The third-order valence-electron chi connectivity index (χ3n) is 5.60. The molecule has 1 aliphatic carbocycles. The monoisotopic (exact) mass is 345 g/mol. The van der Waals surface area contributed by atoms with Crippen molar-refractivity contribution in [2.24, 2.45) is 7.05 Å². The Morgan fingerprint density at radius 2 is 2.08 bits per heavy atom. The van der Waals surface area contributed by atoms with Gasteiger partial charge in [-0.15, -0.1) is 10.2 Å². The third kappa shape index (κ3) is 3.32. The third-order valence-corrected chi connectivity index (χ3v) is 5.60. The highest BCUT2D eigenvalue weighted by molar-refractivity contribution is 5.08. The topological polar surface area (TPSA) is 76.1 Å². The first-order valence-corrected chi connectivity index (χ1v) is 9.15. The summed E-state index contributed by atoms with van der Waals surface area (Å²) in [6, 6.07) is 0.670. The summed E-state index contributed by atoms with van der Waals surface area (Å²) in [7, 11) is 4.28. The molecule has 1 saturated heterocycles. The molecular weight excluding hydrogens is 318 g/mol. The van der Waals surface area contributed by atoms with Gasteiger partial charge in [-0.25, -0.2) is 0 Å². The molecule has 2 aliphatic rings. The van der Waals surface area contributed by atoms with E-state index in [9.17, 15) is 0 Å². The lowest BCUT2D eigenvalue weighted by atomic mass is 10.2. The maximum Gasteiger partial charge on any atom is 0.243 e. The molecule has 0 unspecified atom stereocenters. The quantitative estimate of drug-likeness (QED) is 0.788. The zero-order valence-corrected chi connectivity index (χ0v) is 15.5. The minimum absolute atomic E-state index is 0.163. The minimum atomic E-state index is 0.163. The lowest BCUT2D eigenvalue weighted by molar-refractivity contribution is 0.177. The van der Waals surface area contributed by atoms with Gasteiger partial charge >= 0.3 is 0 Å². The Hall–Kier alpha value is -1.80. The Kier molecular flexibility index (Phi) is 4.33. The summed E-state index contributed by atoms with van der Waals surface area (Å²) in [5, 5.41) is 12.7. The summed E-state index contributed by atoms with van der Waals surface area (Å²) in [6.45, 7) is 6.88. The number of aromatic nitrogens is 5. The van der Waals surface area contributed by atoms with Crippen LogP contribution in [0.5, 0.6) is 0 Å². The Balaban J connectivity index is 1.36. The van der Waals surface area contributed by atoms with Crippen molar-refractivity contribution in [2.75, 3.05) is 20.1 Å². The number of likely N-dealkylation sites (N-methyl/N-ethyl adjacent to an activating group) is 1. The zero-order chi connectivity index (χ0) is 17.6. The minimum Gasteiger partial charge on any atom is -0.338 e. The molecule has 136 valence electrons. The van der Waals surface area contributed by atoms with Crippen molar-refractivity contribution < 1.29 is 4.52 Å². The molecule has 8 nitrogen and oxygen atoms in total. The number of hydrogen-bond donors (Lipinski definition) is 0. The van der Waals surface area contributed by atoms with Crippen molar-refractivity contribution in [3.05, 3.63) is 23.4 Å². The Bertz CT molecular complexity index is 735. The molecule has 1 aliphatic heterocycles. The van der Waals surface area contributed by atoms with Gasteiger partial charge in [0.05, 0.1) is 12.6 Å². The average molecular weight is 345 g/mol. The molecule has 0 radical (unpaired) electrons. The molecule has 2 aromatic rings. The lowest BCUT2D eigenvalue weighted by Gasteiger charge is -2.25. The summed E-state index contributed by atoms with van der Waals surface area (Å²) in [5.41, 5.74) is 0. The molecule has 2 fully saturated rings. The predicted octanol–water partition coefficient (Wildman–Crippen LogP) is 1.65. The number of rotatable bonds is 6. The van der Waals surface area contributed by atoms with E-state index >= 15 is 0 Å². The van der Waals surface area contributed by atoms with Gasteiger partial charge in [-0.3, -0.25) is 9.80 Å². The predicted molar refractivity (Wildman–Crippen MR) is 91.9 cm³/mol. The van der Waals surface area contributed by atoms with Crippen LogP contribution in [0.3, 0.4) is 0 Å². The maximum atomic E-state index is 5.34. The Morgan fingerprint density at radius 3 is 2.76 bits per heavy atom. The summed E-state index contributed by atoms with van der Waals surface area (Å²) in [5.74, 6) is 4.25. The van der Waals surface area contributed by atoms with E-state index in [0.29, 0.717) is 23.7 Å². The zero-order valence-electron chi connectivity index (χ0n) is 15.5. The highest BCUT2D eigenvalue weighted by Gasteiger charge is 2.33. The van der Waals surface area contributed by atoms with E-state index in [-0.39, 0.29) is 6.04 Å². The van der Waals surface area contributed by atoms with Crippen molar-refractivity contribution in [1.82, 2.24) is 34.7 Å². The normalized spacial score (nSPS) is 22.8. The van der Waals surface area contributed by atoms with E-state index in [4.69, 9.17) is 4.52 Å². The average Bonchev–Trinajstić information content (AvgIpc) is 2.99. The molecule has 2 aromatic heterocycles. The van der Waals surface area contributed by atoms with Crippen molar-refractivity contribution in [1.29, 1.82) is 0 Å². The highest BCUT2D eigenvalue weighted by Crippen LogP contribution is 2.38. The van der Waals surface area contributed by atoms with Crippen molar-refractivity contribution in [3.8, 4) is 0 Å². The molecule has 0 spiro atoms. The highest BCUT2D eigenvalue weighted by atomic mass is 16.5. The number of hydrogen-bond acceptors (Lipinski definition) is 7. The van der Waals surface area contributed by atoms with Crippen LogP contribution >= 0.6 is 0 Å². The van der Waals surface area contributed by atoms with Gasteiger partial charge in [0.25, 0.3) is 0 Å². The molecule has 0 N–H and O–H groups in total. The molecule has 1 saturated carbocycles. The van der Waals surface area contributed by atoms with Crippen molar-refractivity contribution in [2.45, 2.75) is 57.7 Å². The van der Waals surface area contributed by atoms with Crippen molar-refractivity contribution in [3.63, 3.8) is 0 Å². The fourth-order valence-electron chi connectivity index (χ4n) is 3.68. The number of likely N-dealkylation sites (tertiary alicyclic amines) is 1. The van der Waals surface area contributed by atoms with Gasteiger partial charge in [0.1, 0.15) is 11.6 Å². The molecule has 0 bridgehead atoms.